The minimum absolute atomic E-state index is 0.158. The third-order valence-electron chi connectivity index (χ3n) is 6.60. The molecular weight excluding hydrogens is 328 g/mol. The third kappa shape index (κ3) is 4.25. The van der Waals surface area contributed by atoms with Crippen molar-refractivity contribution in [2.45, 2.75) is 53.5 Å². The summed E-state index contributed by atoms with van der Waals surface area (Å²) >= 11 is 0. The van der Waals surface area contributed by atoms with Crippen LogP contribution in [0, 0.1) is 29.1 Å². The Labute approximate surface area is 164 Å². The van der Waals surface area contributed by atoms with Crippen LogP contribution in [0.25, 0.3) is 11.1 Å². The van der Waals surface area contributed by atoms with E-state index in [0.29, 0.717) is 6.42 Å². The first-order chi connectivity index (χ1) is 12.8. The van der Waals surface area contributed by atoms with E-state index in [0.717, 1.165) is 32.5 Å². The van der Waals surface area contributed by atoms with Gasteiger partial charge in [-0.05, 0) is 65.9 Å². The van der Waals surface area contributed by atoms with E-state index in [1.54, 1.807) is 0 Å². The minimum atomic E-state index is 0.158. The lowest BCUT2D eigenvalue weighted by molar-refractivity contribution is 0.00711. The molecule has 0 amide bonds. The summed E-state index contributed by atoms with van der Waals surface area (Å²) in [6.07, 6.45) is 2.91. The van der Waals surface area contributed by atoms with E-state index in [4.69, 9.17) is 0 Å². The molecule has 0 radical (unpaired) electrons. The second kappa shape index (κ2) is 7.87. The quantitative estimate of drug-likeness (QED) is 0.648. The van der Waals surface area contributed by atoms with E-state index in [1.165, 1.54) is 22.3 Å². The van der Waals surface area contributed by atoms with E-state index in [9.17, 15) is 5.26 Å². The lowest BCUT2D eigenvalue weighted by Gasteiger charge is -2.49. The number of aryl methyl sites for hydroxylation is 1. The van der Waals surface area contributed by atoms with Crippen LogP contribution in [0.5, 0.6) is 0 Å². The molecule has 0 atom stereocenters. The summed E-state index contributed by atoms with van der Waals surface area (Å²) in [4.78, 5) is 2.55. The Bertz CT molecular complexity index is 800. The first-order valence-electron chi connectivity index (χ1n) is 10.1. The average Bonchev–Trinajstić information content (AvgIpc) is 2.63. The van der Waals surface area contributed by atoms with Crippen molar-refractivity contribution in [3.05, 3.63) is 59.7 Å². The molecular formula is C25H32N2. The Morgan fingerprint density at radius 1 is 1.04 bits per heavy atom. The monoisotopic (exact) mass is 360 g/mol. The smallest absolute Gasteiger partial charge is 0.0627 e. The van der Waals surface area contributed by atoms with Gasteiger partial charge < -0.3 is 0 Å². The number of benzene rings is 2. The summed E-state index contributed by atoms with van der Waals surface area (Å²) in [6, 6.07) is 19.9. The maximum atomic E-state index is 9.34. The first-order valence-corrected chi connectivity index (χ1v) is 10.1. The lowest BCUT2D eigenvalue weighted by Crippen LogP contribution is -2.46. The Morgan fingerprint density at radius 3 is 2.26 bits per heavy atom. The zero-order chi connectivity index (χ0) is 19.5. The van der Waals surface area contributed by atoms with Crippen LogP contribution in [0.4, 0.5) is 0 Å². The zero-order valence-corrected chi connectivity index (χ0v) is 17.3. The molecule has 0 N–H and O–H groups in total. The Kier molecular flexibility index (Phi) is 5.72. The summed E-state index contributed by atoms with van der Waals surface area (Å²) in [7, 11) is 0. The van der Waals surface area contributed by atoms with Crippen molar-refractivity contribution in [2.75, 3.05) is 13.1 Å². The maximum Gasteiger partial charge on any atom is 0.0627 e. The van der Waals surface area contributed by atoms with Gasteiger partial charge in [-0.15, -0.1) is 0 Å². The Balaban J connectivity index is 1.67. The molecule has 1 fully saturated rings. The third-order valence-corrected chi connectivity index (χ3v) is 6.60. The van der Waals surface area contributed by atoms with Gasteiger partial charge in [0.25, 0.3) is 0 Å². The van der Waals surface area contributed by atoms with Gasteiger partial charge in [0.1, 0.15) is 0 Å². The predicted octanol–water partition coefficient (Wildman–Crippen LogP) is 6.20. The van der Waals surface area contributed by atoms with Crippen molar-refractivity contribution in [2.24, 2.45) is 10.8 Å². The molecule has 2 nitrogen and oxygen atoms in total. The SMILES string of the molecule is Cc1cc(CN2CCC(CC#N)(C(C)(C)C)CC2)ccc1-c1ccccc1. The molecule has 0 spiro atoms. The van der Waals surface area contributed by atoms with Crippen LogP contribution in [-0.4, -0.2) is 18.0 Å². The van der Waals surface area contributed by atoms with Crippen LogP contribution >= 0.6 is 0 Å². The van der Waals surface area contributed by atoms with E-state index < -0.39 is 0 Å². The topological polar surface area (TPSA) is 27.0 Å². The largest absolute Gasteiger partial charge is 0.299 e. The molecule has 2 heteroatoms. The number of nitriles is 1. The highest BCUT2D eigenvalue weighted by Crippen LogP contribution is 2.49. The second-order valence-electron chi connectivity index (χ2n) is 9.16. The molecule has 142 valence electrons. The van der Waals surface area contributed by atoms with E-state index in [-0.39, 0.29) is 10.8 Å². The number of hydrogen-bond donors (Lipinski definition) is 0. The molecule has 1 aliphatic rings. The molecule has 0 aromatic heterocycles. The van der Waals surface area contributed by atoms with Gasteiger partial charge in [-0.3, -0.25) is 4.90 Å². The maximum absolute atomic E-state index is 9.34. The standard InChI is InChI=1S/C25H32N2/c1-20-18-21(10-11-23(20)22-8-6-5-7-9-22)19-27-16-13-25(12-15-26,14-17-27)24(2,3)4/h5-11,18H,12-14,16-17,19H2,1-4H3. The van der Waals surface area contributed by atoms with Crippen molar-refractivity contribution in [3.63, 3.8) is 0 Å². The molecule has 1 saturated heterocycles. The molecule has 3 rings (SSSR count). The van der Waals surface area contributed by atoms with Gasteiger partial charge in [-0.25, -0.2) is 0 Å². The molecule has 0 unspecified atom stereocenters. The molecule has 0 bridgehead atoms. The van der Waals surface area contributed by atoms with Gasteiger partial charge in [0.05, 0.1) is 6.07 Å². The van der Waals surface area contributed by atoms with Crippen molar-refractivity contribution < 1.29 is 0 Å². The summed E-state index contributed by atoms with van der Waals surface area (Å²) in [5.74, 6) is 0. The number of likely N-dealkylation sites (tertiary alicyclic amines) is 1. The van der Waals surface area contributed by atoms with Crippen LogP contribution in [0.2, 0.25) is 0 Å². The fourth-order valence-corrected chi connectivity index (χ4v) is 4.51. The summed E-state index contributed by atoms with van der Waals surface area (Å²) in [5, 5.41) is 9.34. The number of hydrogen-bond acceptors (Lipinski definition) is 2. The highest BCUT2D eigenvalue weighted by molar-refractivity contribution is 5.67. The first kappa shape index (κ1) is 19.6. The van der Waals surface area contributed by atoms with Crippen LogP contribution in [0.1, 0.15) is 51.2 Å². The molecule has 27 heavy (non-hydrogen) atoms. The van der Waals surface area contributed by atoms with E-state index in [1.807, 2.05) is 0 Å². The molecule has 1 heterocycles. The molecule has 2 aromatic carbocycles. The van der Waals surface area contributed by atoms with Gasteiger partial charge in [-0.1, -0.05) is 69.3 Å². The van der Waals surface area contributed by atoms with Crippen LogP contribution < -0.4 is 0 Å². The number of nitrogens with zero attached hydrogens (tertiary/aromatic N) is 2. The van der Waals surface area contributed by atoms with E-state index >= 15 is 0 Å². The van der Waals surface area contributed by atoms with Gasteiger partial charge in [0.2, 0.25) is 0 Å². The zero-order valence-electron chi connectivity index (χ0n) is 17.3. The van der Waals surface area contributed by atoms with Gasteiger partial charge in [0.15, 0.2) is 0 Å². The van der Waals surface area contributed by atoms with Gasteiger partial charge in [0, 0.05) is 13.0 Å². The number of rotatable bonds is 4. The van der Waals surface area contributed by atoms with Crippen LogP contribution in [0.15, 0.2) is 48.5 Å². The van der Waals surface area contributed by atoms with Crippen molar-refractivity contribution in [1.82, 2.24) is 4.90 Å². The fraction of sp³-hybridized carbons (Fsp3) is 0.480. The minimum Gasteiger partial charge on any atom is -0.299 e. The van der Waals surface area contributed by atoms with Crippen molar-refractivity contribution in [1.29, 1.82) is 5.26 Å². The average molecular weight is 361 g/mol. The van der Waals surface area contributed by atoms with Crippen molar-refractivity contribution in [3.8, 4) is 17.2 Å². The lowest BCUT2D eigenvalue weighted by atomic mass is 9.60. The van der Waals surface area contributed by atoms with Gasteiger partial charge >= 0.3 is 0 Å². The molecule has 0 aliphatic carbocycles. The van der Waals surface area contributed by atoms with E-state index in [2.05, 4.69) is 87.2 Å². The van der Waals surface area contributed by atoms with Crippen molar-refractivity contribution >= 4 is 0 Å². The Morgan fingerprint density at radius 2 is 1.70 bits per heavy atom. The molecule has 0 saturated carbocycles. The molecule has 2 aromatic rings. The van der Waals surface area contributed by atoms with Crippen LogP contribution in [-0.2, 0) is 6.54 Å². The highest BCUT2D eigenvalue weighted by Gasteiger charge is 2.43. The summed E-state index contributed by atoms with van der Waals surface area (Å²) < 4.78 is 0. The summed E-state index contributed by atoms with van der Waals surface area (Å²) in [6.45, 7) is 12.3. The van der Waals surface area contributed by atoms with Gasteiger partial charge in [-0.2, -0.15) is 5.26 Å². The van der Waals surface area contributed by atoms with Crippen LogP contribution in [0.3, 0.4) is 0 Å². The fourth-order valence-electron chi connectivity index (χ4n) is 4.51. The second-order valence-corrected chi connectivity index (χ2v) is 9.16. The number of piperidine rings is 1. The normalized spacial score (nSPS) is 17.4. The summed E-state index contributed by atoms with van der Waals surface area (Å²) in [5.41, 5.74) is 5.67. The Hall–Kier alpha value is -2.11. The highest BCUT2D eigenvalue weighted by atomic mass is 15.1. The predicted molar refractivity (Wildman–Crippen MR) is 113 cm³/mol. The molecule has 1 aliphatic heterocycles.